The lowest BCUT2D eigenvalue weighted by Gasteiger charge is -2.43. The zero-order valence-corrected chi connectivity index (χ0v) is 10.5. The summed E-state index contributed by atoms with van der Waals surface area (Å²) in [6, 6.07) is 1.95. The molecular weight excluding hydrogens is 212 g/mol. The lowest BCUT2D eigenvalue weighted by atomic mass is 9.73. The molecule has 3 atom stereocenters. The average molecular weight is 232 g/mol. The first-order chi connectivity index (χ1) is 8.11. The number of amides is 1. The monoisotopic (exact) mass is 232 g/mol. The molecule has 0 aromatic heterocycles. The number of fused-ring (bicyclic) bond motifs is 1. The lowest BCUT2D eigenvalue weighted by Crippen LogP contribution is -2.47. The molecule has 17 heavy (non-hydrogen) atoms. The minimum atomic E-state index is -0.0215. The Morgan fingerprint density at radius 2 is 2.47 bits per heavy atom. The predicted octanol–water partition coefficient (Wildman–Crippen LogP) is 2.35. The summed E-state index contributed by atoms with van der Waals surface area (Å²) in [5, 5.41) is 8.60. The Labute approximate surface area is 103 Å². The van der Waals surface area contributed by atoms with Gasteiger partial charge in [-0.2, -0.15) is 5.26 Å². The molecule has 0 N–H and O–H groups in total. The van der Waals surface area contributed by atoms with Crippen molar-refractivity contribution in [1.29, 1.82) is 5.26 Å². The summed E-state index contributed by atoms with van der Waals surface area (Å²) < 4.78 is 0. The first-order valence-corrected chi connectivity index (χ1v) is 6.39. The van der Waals surface area contributed by atoms with Gasteiger partial charge in [0.25, 0.3) is 0 Å². The highest BCUT2D eigenvalue weighted by atomic mass is 16.2. The second-order valence-electron chi connectivity index (χ2n) is 5.62. The van der Waals surface area contributed by atoms with Gasteiger partial charge < -0.3 is 4.90 Å². The molecule has 1 amide bonds. The molecule has 0 aromatic rings. The zero-order valence-electron chi connectivity index (χ0n) is 10.5. The normalized spacial score (nSPS) is 36.1. The van der Waals surface area contributed by atoms with Crippen molar-refractivity contribution in [2.45, 2.75) is 32.6 Å². The van der Waals surface area contributed by atoms with Crippen molar-refractivity contribution in [3.63, 3.8) is 0 Å². The number of carbonyl (C=O) groups is 1. The fraction of sp³-hybridized carbons (Fsp3) is 0.714. The van der Waals surface area contributed by atoms with Gasteiger partial charge in [0, 0.05) is 18.5 Å². The molecule has 92 valence electrons. The SMILES string of the molecule is C=CC12CC(C)CC1CCN(C(=O)CC#N)C2. The number of nitrogens with zero attached hydrogens (tertiary/aromatic N) is 2. The molecule has 0 radical (unpaired) electrons. The summed E-state index contributed by atoms with van der Waals surface area (Å²) >= 11 is 0. The molecule has 0 aromatic carbocycles. The number of likely N-dealkylation sites (tertiary alicyclic amines) is 1. The molecule has 0 bridgehead atoms. The fourth-order valence-electron chi connectivity index (χ4n) is 3.67. The van der Waals surface area contributed by atoms with E-state index in [1.807, 2.05) is 11.0 Å². The minimum absolute atomic E-state index is 0.00738. The van der Waals surface area contributed by atoms with E-state index in [0.29, 0.717) is 5.92 Å². The van der Waals surface area contributed by atoms with Crippen molar-refractivity contribution in [3.05, 3.63) is 12.7 Å². The summed E-state index contributed by atoms with van der Waals surface area (Å²) in [7, 11) is 0. The van der Waals surface area contributed by atoms with Crippen LogP contribution in [0.3, 0.4) is 0 Å². The molecule has 1 aliphatic heterocycles. The van der Waals surface area contributed by atoms with Crippen molar-refractivity contribution in [2.24, 2.45) is 17.3 Å². The lowest BCUT2D eigenvalue weighted by molar-refractivity contribution is -0.133. The largest absolute Gasteiger partial charge is 0.341 e. The molecular formula is C14H20N2O. The molecule has 2 rings (SSSR count). The second kappa shape index (κ2) is 4.52. The molecule has 3 heteroatoms. The number of piperidine rings is 1. The Morgan fingerprint density at radius 1 is 1.71 bits per heavy atom. The third kappa shape index (κ3) is 2.09. The van der Waals surface area contributed by atoms with E-state index in [1.54, 1.807) is 0 Å². The fourth-order valence-corrected chi connectivity index (χ4v) is 3.67. The van der Waals surface area contributed by atoms with Crippen LogP contribution in [0.4, 0.5) is 0 Å². The van der Waals surface area contributed by atoms with Crippen molar-refractivity contribution in [3.8, 4) is 6.07 Å². The summed E-state index contributed by atoms with van der Waals surface area (Å²) in [6.07, 6.45) is 5.53. The average Bonchev–Trinajstić information content (AvgIpc) is 2.65. The van der Waals surface area contributed by atoms with Crippen LogP contribution in [0.5, 0.6) is 0 Å². The maximum atomic E-state index is 11.8. The van der Waals surface area contributed by atoms with E-state index in [0.717, 1.165) is 31.8 Å². The van der Waals surface area contributed by atoms with Crippen molar-refractivity contribution >= 4 is 5.91 Å². The van der Waals surface area contributed by atoms with Gasteiger partial charge in [0.2, 0.25) is 5.91 Å². The maximum Gasteiger partial charge on any atom is 0.236 e. The Bertz CT molecular complexity index is 371. The standard InChI is InChI=1S/C14H20N2O/c1-3-14-9-11(2)8-12(14)5-7-16(10-14)13(17)4-6-15/h3,11-12H,1,4-5,7-10H2,2H3. The first-order valence-electron chi connectivity index (χ1n) is 6.39. The Hall–Kier alpha value is -1.30. The Balaban J connectivity index is 2.12. The molecule has 2 fully saturated rings. The summed E-state index contributed by atoms with van der Waals surface area (Å²) in [4.78, 5) is 13.7. The van der Waals surface area contributed by atoms with Crippen molar-refractivity contribution in [2.75, 3.05) is 13.1 Å². The van der Waals surface area contributed by atoms with E-state index in [9.17, 15) is 4.79 Å². The summed E-state index contributed by atoms with van der Waals surface area (Å²) in [6.45, 7) is 7.85. The smallest absolute Gasteiger partial charge is 0.236 e. The molecule has 0 spiro atoms. The van der Waals surface area contributed by atoms with E-state index in [-0.39, 0.29) is 17.7 Å². The molecule has 2 aliphatic rings. The molecule has 1 aliphatic carbocycles. The van der Waals surface area contributed by atoms with Crippen LogP contribution in [0.2, 0.25) is 0 Å². The van der Waals surface area contributed by atoms with E-state index < -0.39 is 0 Å². The maximum absolute atomic E-state index is 11.8. The highest BCUT2D eigenvalue weighted by molar-refractivity contribution is 5.78. The van der Waals surface area contributed by atoms with Crippen LogP contribution < -0.4 is 0 Å². The highest BCUT2D eigenvalue weighted by Crippen LogP contribution is 2.51. The van der Waals surface area contributed by atoms with Gasteiger partial charge in [0.05, 0.1) is 6.07 Å². The summed E-state index contributed by atoms with van der Waals surface area (Å²) in [5.74, 6) is 1.39. The Kier molecular flexibility index (Phi) is 3.24. The topological polar surface area (TPSA) is 44.1 Å². The highest BCUT2D eigenvalue weighted by Gasteiger charge is 2.47. The molecule has 3 unspecified atom stereocenters. The molecule has 1 heterocycles. The van der Waals surface area contributed by atoms with Gasteiger partial charge in [-0.25, -0.2) is 0 Å². The van der Waals surface area contributed by atoms with Gasteiger partial charge in [0.1, 0.15) is 6.42 Å². The molecule has 1 saturated heterocycles. The minimum Gasteiger partial charge on any atom is -0.341 e. The summed E-state index contributed by atoms with van der Waals surface area (Å²) in [5.41, 5.74) is 0.114. The van der Waals surface area contributed by atoms with Crippen LogP contribution in [-0.2, 0) is 4.79 Å². The second-order valence-corrected chi connectivity index (χ2v) is 5.62. The third-order valence-electron chi connectivity index (χ3n) is 4.45. The zero-order chi connectivity index (χ0) is 12.5. The van der Waals surface area contributed by atoms with Gasteiger partial charge in [-0.15, -0.1) is 6.58 Å². The predicted molar refractivity (Wildman–Crippen MR) is 65.9 cm³/mol. The van der Waals surface area contributed by atoms with Crippen molar-refractivity contribution < 1.29 is 4.79 Å². The van der Waals surface area contributed by atoms with Crippen LogP contribution >= 0.6 is 0 Å². The van der Waals surface area contributed by atoms with E-state index >= 15 is 0 Å². The van der Waals surface area contributed by atoms with Crippen LogP contribution in [0.25, 0.3) is 0 Å². The first kappa shape index (κ1) is 12.2. The van der Waals surface area contributed by atoms with Crippen LogP contribution in [0.15, 0.2) is 12.7 Å². The van der Waals surface area contributed by atoms with Gasteiger partial charge >= 0.3 is 0 Å². The van der Waals surface area contributed by atoms with Crippen LogP contribution in [0.1, 0.15) is 32.6 Å². The molecule has 3 nitrogen and oxygen atoms in total. The van der Waals surface area contributed by atoms with Gasteiger partial charge in [-0.3, -0.25) is 4.79 Å². The number of rotatable bonds is 2. The third-order valence-corrected chi connectivity index (χ3v) is 4.45. The quantitative estimate of drug-likeness (QED) is 0.686. The molecule has 1 saturated carbocycles. The number of nitriles is 1. The van der Waals surface area contributed by atoms with Crippen LogP contribution in [-0.4, -0.2) is 23.9 Å². The van der Waals surface area contributed by atoms with Gasteiger partial charge in [-0.1, -0.05) is 13.0 Å². The Morgan fingerprint density at radius 3 is 3.12 bits per heavy atom. The number of hydrogen-bond donors (Lipinski definition) is 0. The van der Waals surface area contributed by atoms with Crippen LogP contribution in [0, 0.1) is 28.6 Å². The number of hydrogen-bond acceptors (Lipinski definition) is 2. The van der Waals surface area contributed by atoms with Gasteiger partial charge in [0.15, 0.2) is 0 Å². The number of carbonyl (C=O) groups excluding carboxylic acids is 1. The van der Waals surface area contributed by atoms with Gasteiger partial charge in [-0.05, 0) is 31.1 Å². The van der Waals surface area contributed by atoms with Crippen molar-refractivity contribution in [1.82, 2.24) is 4.90 Å². The van der Waals surface area contributed by atoms with E-state index in [2.05, 4.69) is 19.6 Å². The van der Waals surface area contributed by atoms with E-state index in [4.69, 9.17) is 5.26 Å². The van der Waals surface area contributed by atoms with E-state index in [1.165, 1.54) is 6.42 Å².